The third kappa shape index (κ3) is 6.15. The lowest BCUT2D eigenvalue weighted by atomic mass is 10.2. The van der Waals surface area contributed by atoms with Crippen LogP contribution in [0.25, 0.3) is 0 Å². The highest BCUT2D eigenvalue weighted by Crippen LogP contribution is 2.03. The van der Waals surface area contributed by atoms with Crippen molar-refractivity contribution in [3.8, 4) is 0 Å². The molecule has 0 bridgehead atoms. The fraction of sp³-hybridized carbons (Fsp3) is 0.562. The summed E-state index contributed by atoms with van der Waals surface area (Å²) in [7, 11) is 0. The van der Waals surface area contributed by atoms with Gasteiger partial charge >= 0.3 is 0 Å². The van der Waals surface area contributed by atoms with Gasteiger partial charge in [0, 0.05) is 12.1 Å². The van der Waals surface area contributed by atoms with E-state index in [1.165, 1.54) is 12.1 Å². The Bertz CT molecular complexity index is 405. The third-order valence-electron chi connectivity index (χ3n) is 3.42. The van der Waals surface area contributed by atoms with Gasteiger partial charge in [-0.05, 0) is 50.7 Å². The number of benzene rings is 1. The highest BCUT2D eigenvalue weighted by atomic mass is 19.1. The second-order valence-electron chi connectivity index (χ2n) is 4.85. The number of nitrogens with zero attached hydrogens (tertiary/aromatic N) is 1. The first-order chi connectivity index (χ1) is 9.67. The highest BCUT2D eigenvalue weighted by molar-refractivity contribution is 5.94. The molecule has 4 heteroatoms. The maximum Gasteiger partial charge on any atom is 0.251 e. The molecule has 0 heterocycles. The lowest BCUT2D eigenvalue weighted by Gasteiger charge is -2.17. The summed E-state index contributed by atoms with van der Waals surface area (Å²) in [6, 6.07) is 5.77. The number of nitrogens with one attached hydrogen (secondary N) is 1. The number of hydrogen-bond acceptors (Lipinski definition) is 2. The molecule has 1 rings (SSSR count). The van der Waals surface area contributed by atoms with Gasteiger partial charge in [0.1, 0.15) is 5.82 Å². The van der Waals surface area contributed by atoms with Crippen molar-refractivity contribution in [1.29, 1.82) is 0 Å². The van der Waals surface area contributed by atoms with Crippen molar-refractivity contribution in [2.24, 2.45) is 0 Å². The predicted octanol–water partition coefficient (Wildman–Crippen LogP) is 3.07. The lowest BCUT2D eigenvalue weighted by molar-refractivity contribution is 0.0952. The quantitative estimate of drug-likeness (QED) is 0.705. The van der Waals surface area contributed by atoms with Gasteiger partial charge in [0.25, 0.3) is 5.91 Å². The Morgan fingerprint density at radius 2 is 1.95 bits per heavy atom. The molecule has 0 unspecified atom stereocenters. The molecule has 3 nitrogen and oxygen atoms in total. The van der Waals surface area contributed by atoms with Gasteiger partial charge in [0.05, 0.1) is 0 Å². The monoisotopic (exact) mass is 280 g/mol. The van der Waals surface area contributed by atoms with E-state index < -0.39 is 0 Å². The molecule has 1 aromatic rings. The largest absolute Gasteiger partial charge is 0.352 e. The van der Waals surface area contributed by atoms with Gasteiger partial charge in [-0.1, -0.05) is 26.3 Å². The van der Waals surface area contributed by atoms with E-state index in [1.807, 2.05) is 0 Å². The molecule has 0 fully saturated rings. The zero-order valence-corrected chi connectivity index (χ0v) is 12.5. The van der Waals surface area contributed by atoms with E-state index in [-0.39, 0.29) is 11.7 Å². The molecule has 0 aliphatic heterocycles. The molecular formula is C16H25FN2O. The van der Waals surface area contributed by atoms with Crippen LogP contribution in [-0.2, 0) is 0 Å². The summed E-state index contributed by atoms with van der Waals surface area (Å²) < 4.78 is 13.0. The number of amides is 1. The minimum absolute atomic E-state index is 0.201. The molecule has 0 saturated heterocycles. The van der Waals surface area contributed by atoms with Gasteiger partial charge in [-0.2, -0.15) is 0 Å². The summed E-state index contributed by atoms with van der Waals surface area (Å²) in [6.07, 6.45) is 3.21. The summed E-state index contributed by atoms with van der Waals surface area (Å²) in [4.78, 5) is 14.1. The number of rotatable bonds is 9. The maximum atomic E-state index is 13.0. The Morgan fingerprint density at radius 3 is 2.60 bits per heavy atom. The minimum Gasteiger partial charge on any atom is -0.352 e. The molecule has 0 aromatic heterocycles. The summed E-state index contributed by atoms with van der Waals surface area (Å²) in [6.45, 7) is 8.28. The molecule has 112 valence electrons. The molecule has 1 amide bonds. The first-order valence-electron chi connectivity index (χ1n) is 7.43. The summed E-state index contributed by atoms with van der Waals surface area (Å²) in [5, 5.41) is 2.82. The number of unbranched alkanes of at least 4 members (excludes halogenated alkanes) is 2. The second-order valence-corrected chi connectivity index (χ2v) is 4.85. The maximum absolute atomic E-state index is 13.0. The van der Waals surface area contributed by atoms with Crippen molar-refractivity contribution in [1.82, 2.24) is 10.2 Å². The average molecular weight is 280 g/mol. The zero-order valence-electron chi connectivity index (χ0n) is 12.5. The number of halogens is 1. The molecule has 0 saturated carbocycles. The van der Waals surface area contributed by atoms with Crippen LogP contribution in [0.4, 0.5) is 4.39 Å². The highest BCUT2D eigenvalue weighted by Gasteiger charge is 2.05. The molecule has 20 heavy (non-hydrogen) atoms. The van der Waals surface area contributed by atoms with E-state index in [9.17, 15) is 9.18 Å². The van der Waals surface area contributed by atoms with Gasteiger partial charge < -0.3 is 10.2 Å². The SMILES string of the molecule is CCN(CC)CCCCCNC(=O)c1cccc(F)c1. The summed E-state index contributed by atoms with van der Waals surface area (Å²) in [5.41, 5.74) is 0.383. The van der Waals surface area contributed by atoms with Crippen LogP contribution in [-0.4, -0.2) is 37.0 Å². The van der Waals surface area contributed by atoms with Gasteiger partial charge in [-0.3, -0.25) is 4.79 Å². The number of hydrogen-bond donors (Lipinski definition) is 1. The van der Waals surface area contributed by atoms with Gasteiger partial charge in [0.15, 0.2) is 0 Å². The Morgan fingerprint density at radius 1 is 1.20 bits per heavy atom. The van der Waals surface area contributed by atoms with Crippen molar-refractivity contribution in [2.45, 2.75) is 33.1 Å². The van der Waals surface area contributed by atoms with E-state index in [0.717, 1.165) is 38.9 Å². The van der Waals surface area contributed by atoms with Crippen LogP contribution in [0.3, 0.4) is 0 Å². The topological polar surface area (TPSA) is 32.3 Å². The Kier molecular flexibility index (Phi) is 7.88. The van der Waals surface area contributed by atoms with Crippen molar-refractivity contribution < 1.29 is 9.18 Å². The van der Waals surface area contributed by atoms with Crippen LogP contribution < -0.4 is 5.32 Å². The smallest absolute Gasteiger partial charge is 0.251 e. The first kappa shape index (κ1) is 16.6. The zero-order chi connectivity index (χ0) is 14.8. The minimum atomic E-state index is -0.378. The lowest BCUT2D eigenvalue weighted by Crippen LogP contribution is -2.25. The standard InChI is InChI=1S/C16H25FN2O/c1-3-19(4-2)12-7-5-6-11-18-16(20)14-9-8-10-15(17)13-14/h8-10,13H,3-7,11-12H2,1-2H3,(H,18,20). The molecule has 0 aliphatic carbocycles. The number of carbonyl (C=O) groups is 1. The van der Waals surface area contributed by atoms with Crippen LogP contribution >= 0.6 is 0 Å². The molecule has 0 atom stereocenters. The van der Waals surface area contributed by atoms with Crippen LogP contribution in [0.1, 0.15) is 43.5 Å². The fourth-order valence-electron chi connectivity index (χ4n) is 2.11. The van der Waals surface area contributed by atoms with E-state index >= 15 is 0 Å². The Hall–Kier alpha value is -1.42. The molecular weight excluding hydrogens is 255 g/mol. The summed E-state index contributed by atoms with van der Waals surface area (Å²) in [5.74, 6) is -0.579. The van der Waals surface area contributed by atoms with Crippen LogP contribution in [0.5, 0.6) is 0 Å². The van der Waals surface area contributed by atoms with Crippen molar-refractivity contribution in [2.75, 3.05) is 26.2 Å². The van der Waals surface area contributed by atoms with Gasteiger partial charge in [0.2, 0.25) is 0 Å². The van der Waals surface area contributed by atoms with Crippen molar-refractivity contribution >= 4 is 5.91 Å². The molecule has 0 spiro atoms. The molecule has 1 N–H and O–H groups in total. The molecule has 1 aromatic carbocycles. The van der Waals surface area contributed by atoms with E-state index in [2.05, 4.69) is 24.1 Å². The Balaban J connectivity index is 2.14. The van der Waals surface area contributed by atoms with Gasteiger partial charge in [-0.25, -0.2) is 4.39 Å². The third-order valence-corrected chi connectivity index (χ3v) is 3.42. The second kappa shape index (κ2) is 9.48. The van der Waals surface area contributed by atoms with E-state index in [0.29, 0.717) is 12.1 Å². The normalized spacial score (nSPS) is 10.8. The fourth-order valence-corrected chi connectivity index (χ4v) is 2.11. The van der Waals surface area contributed by atoms with Crippen molar-refractivity contribution in [3.63, 3.8) is 0 Å². The molecule has 0 radical (unpaired) electrons. The van der Waals surface area contributed by atoms with Gasteiger partial charge in [-0.15, -0.1) is 0 Å². The number of carbonyl (C=O) groups excluding carboxylic acids is 1. The van der Waals surface area contributed by atoms with Crippen LogP contribution in [0, 0.1) is 5.82 Å². The van der Waals surface area contributed by atoms with Crippen molar-refractivity contribution in [3.05, 3.63) is 35.6 Å². The van der Waals surface area contributed by atoms with E-state index in [1.54, 1.807) is 12.1 Å². The van der Waals surface area contributed by atoms with Crippen LogP contribution in [0.15, 0.2) is 24.3 Å². The van der Waals surface area contributed by atoms with Crippen LogP contribution in [0.2, 0.25) is 0 Å². The Labute approximate surface area is 121 Å². The summed E-state index contributed by atoms with van der Waals surface area (Å²) >= 11 is 0. The molecule has 0 aliphatic rings. The first-order valence-corrected chi connectivity index (χ1v) is 7.43. The van der Waals surface area contributed by atoms with E-state index in [4.69, 9.17) is 0 Å². The predicted molar refractivity (Wildman–Crippen MR) is 80.4 cm³/mol. The average Bonchev–Trinajstić information content (AvgIpc) is 2.46.